The number of H-pyrrole nitrogens is 1. The fourth-order valence-corrected chi connectivity index (χ4v) is 4.21. The van der Waals surface area contributed by atoms with Gasteiger partial charge >= 0.3 is 0 Å². The highest BCUT2D eigenvalue weighted by Crippen LogP contribution is 2.29. The maximum Gasteiger partial charge on any atom is 0.245 e. The van der Waals surface area contributed by atoms with Crippen molar-refractivity contribution in [1.29, 1.82) is 0 Å². The lowest BCUT2D eigenvalue weighted by atomic mass is 9.98. The number of tetrazole rings is 1. The molecule has 2 aromatic carbocycles. The summed E-state index contributed by atoms with van der Waals surface area (Å²) >= 11 is 1.47. The third-order valence-corrected chi connectivity index (χ3v) is 5.51. The molecular weight excluding hydrogens is 398 g/mol. The topological polar surface area (TPSA) is 102 Å². The summed E-state index contributed by atoms with van der Waals surface area (Å²) in [6.07, 6.45) is 1.88. The van der Waals surface area contributed by atoms with Crippen LogP contribution in [0, 0.1) is 0 Å². The fraction of sp³-hybridized carbons (Fsp3) is 0.238. The molecule has 8 nitrogen and oxygen atoms in total. The number of nitrogens with zero attached hydrogens (tertiary/aromatic N) is 6. The molecule has 9 heteroatoms. The van der Waals surface area contributed by atoms with Gasteiger partial charge in [0.25, 0.3) is 0 Å². The number of aryl methyl sites for hydroxylation is 1. The lowest BCUT2D eigenvalue weighted by molar-refractivity contribution is -0.116. The highest BCUT2D eigenvalue weighted by atomic mass is 32.1. The van der Waals surface area contributed by atoms with E-state index in [0.29, 0.717) is 17.2 Å². The molecule has 1 N–H and O–H groups in total. The van der Waals surface area contributed by atoms with E-state index in [-0.39, 0.29) is 5.91 Å². The van der Waals surface area contributed by atoms with E-state index in [0.717, 1.165) is 40.1 Å². The molecule has 0 fully saturated rings. The number of aromatic nitrogens is 6. The second-order valence-electron chi connectivity index (χ2n) is 6.81. The molecule has 30 heavy (non-hydrogen) atoms. The molecule has 0 saturated heterocycles. The Kier molecular flexibility index (Phi) is 5.89. The minimum absolute atomic E-state index is 0.218. The number of rotatable bonds is 6. The zero-order valence-corrected chi connectivity index (χ0v) is 17.6. The van der Waals surface area contributed by atoms with Crippen LogP contribution < -0.4 is 4.80 Å². The van der Waals surface area contributed by atoms with Crippen molar-refractivity contribution in [2.45, 2.75) is 33.2 Å². The van der Waals surface area contributed by atoms with Gasteiger partial charge in [-0.3, -0.25) is 4.79 Å². The minimum atomic E-state index is -0.218. The van der Waals surface area contributed by atoms with Crippen molar-refractivity contribution in [3.05, 3.63) is 63.9 Å². The molecule has 2 aromatic heterocycles. The molecule has 0 aliphatic heterocycles. The van der Waals surface area contributed by atoms with E-state index in [1.807, 2.05) is 24.3 Å². The van der Waals surface area contributed by atoms with Gasteiger partial charge < -0.3 is 0 Å². The molecule has 0 spiro atoms. The number of amides is 1. The number of carbonyl (C=O) groups excluding carboxylic acids is 1. The Balaban J connectivity index is 1.63. The summed E-state index contributed by atoms with van der Waals surface area (Å²) in [6.45, 7) is 4.12. The second-order valence-corrected chi connectivity index (χ2v) is 7.85. The third-order valence-electron chi connectivity index (χ3n) is 4.50. The van der Waals surface area contributed by atoms with Crippen LogP contribution in [0.1, 0.15) is 30.8 Å². The molecule has 4 aromatic rings. The maximum absolute atomic E-state index is 11.5. The number of carbonyl (C=O) groups is 1. The van der Waals surface area contributed by atoms with Crippen molar-refractivity contribution in [1.82, 2.24) is 30.4 Å². The Labute approximate surface area is 177 Å². The van der Waals surface area contributed by atoms with Crippen LogP contribution in [0.3, 0.4) is 0 Å². The first kappa shape index (κ1) is 19.8. The lowest BCUT2D eigenvalue weighted by Crippen LogP contribution is -2.18. The second kappa shape index (κ2) is 8.91. The third kappa shape index (κ3) is 4.41. The summed E-state index contributed by atoms with van der Waals surface area (Å²) in [7, 11) is 0. The van der Waals surface area contributed by atoms with Gasteiger partial charge in [0.2, 0.25) is 10.7 Å². The van der Waals surface area contributed by atoms with Gasteiger partial charge in [0.15, 0.2) is 5.82 Å². The van der Waals surface area contributed by atoms with E-state index in [1.54, 1.807) is 4.68 Å². The van der Waals surface area contributed by atoms with Gasteiger partial charge in [0.05, 0.1) is 6.54 Å². The van der Waals surface area contributed by atoms with Gasteiger partial charge in [-0.25, -0.2) is 9.78 Å². The van der Waals surface area contributed by atoms with E-state index in [9.17, 15) is 4.79 Å². The highest BCUT2D eigenvalue weighted by Gasteiger charge is 2.11. The minimum Gasteiger partial charge on any atom is -0.273 e. The van der Waals surface area contributed by atoms with Crippen LogP contribution in [0.2, 0.25) is 0 Å². The molecule has 0 saturated carbocycles. The van der Waals surface area contributed by atoms with E-state index < -0.39 is 0 Å². The molecule has 1 amide bonds. The van der Waals surface area contributed by atoms with E-state index >= 15 is 0 Å². The first-order chi connectivity index (χ1) is 14.6. The predicted molar refractivity (Wildman–Crippen MR) is 114 cm³/mol. The molecule has 0 aliphatic carbocycles. The molecule has 0 atom stereocenters. The summed E-state index contributed by atoms with van der Waals surface area (Å²) in [6, 6.07) is 16.3. The van der Waals surface area contributed by atoms with Crippen LogP contribution in [0.15, 0.2) is 53.5 Å². The maximum atomic E-state index is 11.5. The Morgan fingerprint density at radius 1 is 1.13 bits per heavy atom. The average molecular weight is 420 g/mol. The summed E-state index contributed by atoms with van der Waals surface area (Å²) in [5, 5.41) is 19.8. The van der Waals surface area contributed by atoms with Crippen LogP contribution in [0.5, 0.6) is 0 Å². The van der Waals surface area contributed by atoms with Crippen molar-refractivity contribution < 1.29 is 4.79 Å². The average Bonchev–Trinajstić information content (AvgIpc) is 3.39. The number of hydrogen-bond acceptors (Lipinski definition) is 6. The number of benzene rings is 2. The first-order valence-corrected chi connectivity index (χ1v) is 10.5. The van der Waals surface area contributed by atoms with Gasteiger partial charge in [-0.05, 0) is 33.5 Å². The quantitative estimate of drug-likeness (QED) is 0.517. The number of hydrogen-bond donors (Lipinski definition) is 1. The van der Waals surface area contributed by atoms with E-state index in [4.69, 9.17) is 0 Å². The monoisotopic (exact) mass is 419 g/mol. The Bertz CT molecular complexity index is 1210. The van der Waals surface area contributed by atoms with Crippen molar-refractivity contribution in [3.8, 4) is 22.5 Å². The fourth-order valence-electron chi connectivity index (χ4n) is 3.17. The molecule has 2 heterocycles. The molecule has 0 radical (unpaired) electrons. The molecular formula is C21H21N7OS. The van der Waals surface area contributed by atoms with E-state index in [2.05, 4.69) is 61.9 Å². The summed E-state index contributed by atoms with van der Waals surface area (Å²) in [4.78, 5) is 16.3. The number of aromatic amines is 1. The van der Waals surface area contributed by atoms with Crippen molar-refractivity contribution in [3.63, 3.8) is 0 Å². The van der Waals surface area contributed by atoms with Crippen LogP contribution in [-0.2, 0) is 17.8 Å². The van der Waals surface area contributed by atoms with Gasteiger partial charge in [0.1, 0.15) is 5.01 Å². The van der Waals surface area contributed by atoms with Gasteiger partial charge in [-0.2, -0.15) is 10.1 Å². The zero-order valence-electron chi connectivity index (χ0n) is 16.7. The van der Waals surface area contributed by atoms with Crippen LogP contribution >= 0.6 is 11.3 Å². The summed E-state index contributed by atoms with van der Waals surface area (Å²) < 4.78 is 1.81. The number of nitrogens with one attached hydrogen (secondary N) is 1. The summed E-state index contributed by atoms with van der Waals surface area (Å²) in [5.41, 5.74) is 4.13. The normalized spacial score (nSPS) is 11.7. The van der Waals surface area contributed by atoms with Gasteiger partial charge in [0, 0.05) is 18.9 Å². The van der Waals surface area contributed by atoms with E-state index in [1.165, 1.54) is 18.3 Å². The van der Waals surface area contributed by atoms with Gasteiger partial charge in [-0.1, -0.05) is 66.8 Å². The Hall–Kier alpha value is -3.46. The van der Waals surface area contributed by atoms with Crippen molar-refractivity contribution in [2.75, 3.05) is 0 Å². The lowest BCUT2D eigenvalue weighted by Gasteiger charge is -2.08. The molecule has 0 bridgehead atoms. The largest absolute Gasteiger partial charge is 0.273 e. The molecule has 4 rings (SSSR count). The molecule has 0 unspecified atom stereocenters. The van der Waals surface area contributed by atoms with Gasteiger partial charge in [-0.15, -0.1) is 5.10 Å². The molecule has 152 valence electrons. The highest BCUT2D eigenvalue weighted by molar-refractivity contribution is 7.08. The Morgan fingerprint density at radius 2 is 1.90 bits per heavy atom. The standard InChI is InChI=1S/C21H21N7OS/c1-3-6-19-25-28(21(30-19)22-14(2)29)13-15-9-11-16(12-10-15)17-7-4-5-8-18(17)20-23-26-27-24-20/h4-5,7-12H,3,6,13H2,1-2H3,(H,23,24,26,27). The van der Waals surface area contributed by atoms with Crippen LogP contribution in [0.4, 0.5) is 0 Å². The first-order valence-electron chi connectivity index (χ1n) is 9.68. The van der Waals surface area contributed by atoms with Crippen molar-refractivity contribution >= 4 is 17.2 Å². The SMILES string of the molecule is CCCc1nn(Cc2ccc(-c3ccccc3-c3nnn[nH]3)cc2)c(=NC(C)=O)s1. The van der Waals surface area contributed by atoms with Crippen LogP contribution in [-0.4, -0.2) is 36.3 Å². The zero-order chi connectivity index (χ0) is 20.9. The molecule has 0 aliphatic rings. The Morgan fingerprint density at radius 3 is 2.57 bits per heavy atom. The summed E-state index contributed by atoms with van der Waals surface area (Å²) in [5.74, 6) is 0.413. The van der Waals surface area contributed by atoms with Crippen LogP contribution in [0.25, 0.3) is 22.5 Å². The smallest absolute Gasteiger partial charge is 0.245 e. The predicted octanol–water partition coefficient (Wildman–Crippen LogP) is 3.24. The van der Waals surface area contributed by atoms with Crippen molar-refractivity contribution in [2.24, 2.45) is 4.99 Å².